The lowest BCUT2D eigenvalue weighted by atomic mass is 10.0. The number of nitrogens with two attached hydrogens (primary N) is 1. The Balaban J connectivity index is 2.17. The number of hydrogen-bond donors (Lipinski definition) is 1. The van der Waals surface area contributed by atoms with Gasteiger partial charge in [-0.05, 0) is 26.2 Å². The Hall–Kier alpha value is -1.36. The quantitative estimate of drug-likeness (QED) is 0.876. The van der Waals surface area contributed by atoms with Crippen LogP contribution < -0.4 is 15.4 Å². The minimum Gasteiger partial charge on any atom is -0.475 e. The molecule has 0 saturated carbocycles. The first-order valence-corrected chi connectivity index (χ1v) is 6.58. The molecule has 0 amide bonds. The SMILES string of the molecule is CC(C)Oc1ccnc(N2CCC(C)C2CN)n1. The Morgan fingerprint density at radius 3 is 3.00 bits per heavy atom. The molecule has 1 aromatic heterocycles. The van der Waals surface area contributed by atoms with E-state index >= 15 is 0 Å². The maximum Gasteiger partial charge on any atom is 0.228 e. The van der Waals surface area contributed by atoms with Gasteiger partial charge in [-0.3, -0.25) is 0 Å². The van der Waals surface area contributed by atoms with Crippen molar-refractivity contribution in [1.29, 1.82) is 0 Å². The van der Waals surface area contributed by atoms with Gasteiger partial charge in [-0.2, -0.15) is 4.98 Å². The highest BCUT2D eigenvalue weighted by Crippen LogP contribution is 2.27. The van der Waals surface area contributed by atoms with Gasteiger partial charge in [-0.1, -0.05) is 6.92 Å². The van der Waals surface area contributed by atoms with Crippen molar-refractivity contribution in [2.24, 2.45) is 11.7 Å². The highest BCUT2D eigenvalue weighted by molar-refractivity contribution is 5.36. The first kappa shape index (κ1) is 13.1. The molecule has 1 aliphatic rings. The molecule has 1 saturated heterocycles. The molecule has 1 aromatic rings. The van der Waals surface area contributed by atoms with Gasteiger partial charge in [0.2, 0.25) is 11.8 Å². The van der Waals surface area contributed by atoms with Crippen LogP contribution in [0.15, 0.2) is 12.3 Å². The molecular formula is C13H22N4O. The van der Waals surface area contributed by atoms with E-state index in [-0.39, 0.29) is 6.10 Å². The number of aromatic nitrogens is 2. The lowest BCUT2D eigenvalue weighted by Crippen LogP contribution is -2.39. The van der Waals surface area contributed by atoms with Gasteiger partial charge in [0.15, 0.2) is 0 Å². The summed E-state index contributed by atoms with van der Waals surface area (Å²) in [5.41, 5.74) is 5.84. The van der Waals surface area contributed by atoms with E-state index in [0.717, 1.165) is 18.9 Å². The molecule has 18 heavy (non-hydrogen) atoms. The average molecular weight is 250 g/mol. The fraction of sp³-hybridized carbons (Fsp3) is 0.692. The fourth-order valence-corrected chi connectivity index (χ4v) is 2.39. The molecule has 0 radical (unpaired) electrons. The maximum absolute atomic E-state index is 5.84. The van der Waals surface area contributed by atoms with Crippen molar-refractivity contribution < 1.29 is 4.74 Å². The summed E-state index contributed by atoms with van der Waals surface area (Å²) in [4.78, 5) is 11.0. The molecule has 2 rings (SSSR count). The summed E-state index contributed by atoms with van der Waals surface area (Å²) in [5.74, 6) is 1.95. The summed E-state index contributed by atoms with van der Waals surface area (Å²) in [6, 6.07) is 2.12. The summed E-state index contributed by atoms with van der Waals surface area (Å²) >= 11 is 0. The largest absolute Gasteiger partial charge is 0.475 e. The first-order chi connectivity index (χ1) is 8.61. The van der Waals surface area contributed by atoms with Crippen LogP contribution in [0, 0.1) is 5.92 Å². The Morgan fingerprint density at radius 1 is 1.56 bits per heavy atom. The van der Waals surface area contributed by atoms with Crippen LogP contribution in [-0.2, 0) is 0 Å². The lowest BCUT2D eigenvalue weighted by Gasteiger charge is -2.25. The predicted molar refractivity (Wildman–Crippen MR) is 71.8 cm³/mol. The Bertz CT molecular complexity index is 396. The van der Waals surface area contributed by atoms with Crippen molar-refractivity contribution in [2.75, 3.05) is 18.0 Å². The van der Waals surface area contributed by atoms with Crippen LogP contribution in [0.4, 0.5) is 5.95 Å². The van der Waals surface area contributed by atoms with Crippen molar-refractivity contribution in [3.63, 3.8) is 0 Å². The summed E-state index contributed by atoms with van der Waals surface area (Å²) in [6.45, 7) is 7.81. The van der Waals surface area contributed by atoms with Crippen LogP contribution in [0.1, 0.15) is 27.2 Å². The normalized spacial score (nSPS) is 23.7. The Morgan fingerprint density at radius 2 is 2.33 bits per heavy atom. The zero-order valence-electron chi connectivity index (χ0n) is 11.3. The van der Waals surface area contributed by atoms with Crippen molar-refractivity contribution in [3.8, 4) is 5.88 Å². The molecule has 0 spiro atoms. The topological polar surface area (TPSA) is 64.3 Å². The van der Waals surface area contributed by atoms with E-state index in [9.17, 15) is 0 Å². The van der Waals surface area contributed by atoms with Crippen LogP contribution in [0.5, 0.6) is 5.88 Å². The molecule has 0 aromatic carbocycles. The number of ether oxygens (including phenoxy) is 1. The highest BCUT2D eigenvalue weighted by atomic mass is 16.5. The smallest absolute Gasteiger partial charge is 0.228 e. The minimum atomic E-state index is 0.121. The van der Waals surface area contributed by atoms with E-state index < -0.39 is 0 Å². The van der Waals surface area contributed by atoms with Crippen LogP contribution >= 0.6 is 0 Å². The zero-order chi connectivity index (χ0) is 13.1. The number of anilines is 1. The fourth-order valence-electron chi connectivity index (χ4n) is 2.39. The van der Waals surface area contributed by atoms with Gasteiger partial charge in [-0.25, -0.2) is 4.98 Å². The van der Waals surface area contributed by atoms with Crippen LogP contribution in [0.2, 0.25) is 0 Å². The highest BCUT2D eigenvalue weighted by Gasteiger charge is 2.31. The summed E-state index contributed by atoms with van der Waals surface area (Å²) in [5, 5.41) is 0. The summed E-state index contributed by atoms with van der Waals surface area (Å²) in [7, 11) is 0. The molecule has 2 N–H and O–H groups in total. The van der Waals surface area contributed by atoms with Gasteiger partial charge < -0.3 is 15.4 Å². The first-order valence-electron chi connectivity index (χ1n) is 6.58. The molecule has 5 heteroatoms. The third kappa shape index (κ3) is 2.72. The molecule has 0 bridgehead atoms. The van der Waals surface area contributed by atoms with Crippen LogP contribution in [0.3, 0.4) is 0 Å². The minimum absolute atomic E-state index is 0.121. The van der Waals surface area contributed by atoms with Gasteiger partial charge in [0.05, 0.1) is 6.10 Å². The van der Waals surface area contributed by atoms with Crippen molar-refractivity contribution >= 4 is 5.95 Å². The lowest BCUT2D eigenvalue weighted by molar-refractivity contribution is 0.232. The Kier molecular flexibility index (Phi) is 4.01. The third-order valence-corrected chi connectivity index (χ3v) is 3.35. The van der Waals surface area contributed by atoms with E-state index in [4.69, 9.17) is 10.5 Å². The summed E-state index contributed by atoms with van der Waals surface area (Å²) in [6.07, 6.45) is 3.01. The maximum atomic E-state index is 5.84. The van der Waals surface area contributed by atoms with Gasteiger partial charge in [0.25, 0.3) is 0 Å². The second kappa shape index (κ2) is 5.52. The van der Waals surface area contributed by atoms with Gasteiger partial charge in [0, 0.05) is 31.4 Å². The molecule has 100 valence electrons. The molecule has 1 fully saturated rings. The molecule has 1 aliphatic heterocycles. The third-order valence-electron chi connectivity index (χ3n) is 3.35. The molecule has 5 nitrogen and oxygen atoms in total. The van der Waals surface area contributed by atoms with Gasteiger partial charge in [-0.15, -0.1) is 0 Å². The standard InChI is InChI=1S/C13H22N4O/c1-9(2)18-12-4-6-15-13(16-12)17-7-5-10(3)11(17)8-14/h4,6,9-11H,5,7-8,14H2,1-3H3. The van der Waals surface area contributed by atoms with Crippen LogP contribution in [-0.4, -0.2) is 35.2 Å². The molecule has 2 atom stereocenters. The number of nitrogens with zero attached hydrogens (tertiary/aromatic N) is 3. The van der Waals surface area contributed by atoms with E-state index in [1.165, 1.54) is 0 Å². The van der Waals surface area contributed by atoms with E-state index in [1.54, 1.807) is 12.3 Å². The summed E-state index contributed by atoms with van der Waals surface area (Å²) < 4.78 is 5.60. The van der Waals surface area contributed by atoms with Gasteiger partial charge >= 0.3 is 0 Å². The second-order valence-corrected chi connectivity index (χ2v) is 5.12. The van der Waals surface area contributed by atoms with Crippen LogP contribution in [0.25, 0.3) is 0 Å². The Labute approximate surface area is 108 Å². The monoisotopic (exact) mass is 250 g/mol. The van der Waals surface area contributed by atoms with Crippen molar-refractivity contribution in [2.45, 2.75) is 39.3 Å². The molecular weight excluding hydrogens is 228 g/mol. The van der Waals surface area contributed by atoms with Crippen molar-refractivity contribution in [1.82, 2.24) is 9.97 Å². The van der Waals surface area contributed by atoms with E-state index in [2.05, 4.69) is 21.8 Å². The molecule has 2 heterocycles. The number of hydrogen-bond acceptors (Lipinski definition) is 5. The van der Waals surface area contributed by atoms with E-state index in [1.807, 2.05) is 13.8 Å². The zero-order valence-corrected chi connectivity index (χ0v) is 11.3. The molecule has 2 unspecified atom stereocenters. The number of rotatable bonds is 4. The van der Waals surface area contributed by atoms with Gasteiger partial charge in [0.1, 0.15) is 0 Å². The second-order valence-electron chi connectivity index (χ2n) is 5.12. The predicted octanol–water partition coefficient (Wildman–Crippen LogP) is 1.44. The molecule has 0 aliphatic carbocycles. The van der Waals surface area contributed by atoms with E-state index in [0.29, 0.717) is 24.4 Å². The van der Waals surface area contributed by atoms with Crippen molar-refractivity contribution in [3.05, 3.63) is 12.3 Å². The average Bonchev–Trinajstić information content (AvgIpc) is 2.70.